The molecule has 1 aliphatic heterocycles. The molecule has 0 aromatic heterocycles. The highest BCUT2D eigenvalue weighted by Gasteiger charge is 2.36. The van der Waals surface area contributed by atoms with Crippen LogP contribution in [-0.4, -0.2) is 18.4 Å². The normalized spacial score (nSPS) is 16.8. The van der Waals surface area contributed by atoms with Crippen LogP contribution in [0.5, 0.6) is 0 Å². The second-order valence-corrected chi connectivity index (χ2v) is 7.24. The first kappa shape index (κ1) is 18.7. The molecule has 1 fully saturated rings. The van der Waals surface area contributed by atoms with E-state index >= 15 is 0 Å². The van der Waals surface area contributed by atoms with Gasteiger partial charge in [0.2, 0.25) is 11.8 Å². The number of aryl methyl sites for hydroxylation is 2. The number of carbonyl (C=O) groups is 2. The molecule has 1 unspecified atom stereocenters. The fourth-order valence-electron chi connectivity index (χ4n) is 3.33. The van der Waals surface area contributed by atoms with Crippen LogP contribution in [0.15, 0.2) is 36.4 Å². The Morgan fingerprint density at radius 3 is 2.50 bits per heavy atom. The van der Waals surface area contributed by atoms with Crippen molar-refractivity contribution in [3.8, 4) is 0 Å². The van der Waals surface area contributed by atoms with Crippen molar-refractivity contribution in [2.24, 2.45) is 5.92 Å². The van der Waals surface area contributed by atoms with Crippen molar-refractivity contribution < 1.29 is 9.59 Å². The number of hydrogen-bond donors (Lipinski definition) is 1. The average Bonchev–Trinajstić information content (AvgIpc) is 2.99. The maximum Gasteiger partial charge on any atom is 0.229 e. The molecule has 2 aromatic rings. The van der Waals surface area contributed by atoms with Crippen LogP contribution in [0.4, 0.5) is 11.4 Å². The van der Waals surface area contributed by atoms with Gasteiger partial charge in [0.1, 0.15) is 0 Å². The van der Waals surface area contributed by atoms with Crippen molar-refractivity contribution in [1.29, 1.82) is 0 Å². The Hall–Kier alpha value is -2.04. The Morgan fingerprint density at radius 2 is 1.85 bits per heavy atom. The van der Waals surface area contributed by atoms with Crippen LogP contribution in [0.3, 0.4) is 0 Å². The molecule has 1 atom stereocenters. The van der Waals surface area contributed by atoms with Gasteiger partial charge < -0.3 is 10.2 Å². The van der Waals surface area contributed by atoms with Crippen LogP contribution in [-0.2, 0) is 16.0 Å². The second-order valence-electron chi connectivity index (χ2n) is 6.43. The molecule has 0 aliphatic carbocycles. The van der Waals surface area contributed by atoms with Gasteiger partial charge >= 0.3 is 0 Å². The smallest absolute Gasteiger partial charge is 0.229 e. The lowest BCUT2D eigenvalue weighted by molar-refractivity contribution is -0.122. The van der Waals surface area contributed by atoms with Crippen molar-refractivity contribution in [1.82, 2.24) is 0 Å². The largest absolute Gasteiger partial charge is 0.323 e. The third kappa shape index (κ3) is 3.57. The van der Waals surface area contributed by atoms with Gasteiger partial charge in [-0.3, -0.25) is 9.59 Å². The molecule has 1 heterocycles. The molecule has 136 valence electrons. The third-order valence-electron chi connectivity index (χ3n) is 4.68. The highest BCUT2D eigenvalue weighted by Crippen LogP contribution is 2.34. The predicted octanol–water partition coefficient (Wildman–Crippen LogP) is 4.86. The first-order chi connectivity index (χ1) is 12.4. The Kier molecular flexibility index (Phi) is 5.54. The number of carbonyl (C=O) groups excluding carboxylic acids is 2. The second kappa shape index (κ2) is 7.68. The number of hydrogen-bond acceptors (Lipinski definition) is 2. The van der Waals surface area contributed by atoms with E-state index in [2.05, 4.69) is 12.2 Å². The van der Waals surface area contributed by atoms with E-state index < -0.39 is 5.92 Å². The van der Waals surface area contributed by atoms with Gasteiger partial charge in [-0.2, -0.15) is 0 Å². The van der Waals surface area contributed by atoms with E-state index in [4.69, 9.17) is 23.2 Å². The van der Waals surface area contributed by atoms with E-state index in [0.717, 1.165) is 23.2 Å². The first-order valence-electron chi connectivity index (χ1n) is 8.56. The minimum atomic E-state index is -0.445. The molecule has 1 N–H and O–H groups in total. The number of para-hydroxylation sites is 2. The van der Waals surface area contributed by atoms with Crippen molar-refractivity contribution in [3.05, 3.63) is 57.6 Å². The molecular formula is C20H20Cl2N2O2. The minimum absolute atomic E-state index is 0.0422. The number of anilines is 2. The van der Waals surface area contributed by atoms with Crippen molar-refractivity contribution in [2.45, 2.75) is 26.7 Å². The van der Waals surface area contributed by atoms with E-state index in [1.807, 2.05) is 25.1 Å². The molecule has 2 amide bonds. The summed E-state index contributed by atoms with van der Waals surface area (Å²) in [6, 6.07) is 11.0. The SMILES string of the molecule is CCc1cccc(C)c1N1CC(C(=O)Nc2c(Cl)cccc2Cl)CC1=O. The predicted molar refractivity (Wildman–Crippen MR) is 106 cm³/mol. The quantitative estimate of drug-likeness (QED) is 0.810. The summed E-state index contributed by atoms with van der Waals surface area (Å²) >= 11 is 12.2. The van der Waals surface area contributed by atoms with Gasteiger partial charge in [0, 0.05) is 18.7 Å². The van der Waals surface area contributed by atoms with Gasteiger partial charge in [0.25, 0.3) is 0 Å². The zero-order valence-electron chi connectivity index (χ0n) is 14.7. The molecule has 2 aromatic carbocycles. The average molecular weight is 391 g/mol. The van der Waals surface area contributed by atoms with Crippen molar-refractivity contribution >= 4 is 46.4 Å². The van der Waals surface area contributed by atoms with E-state index in [1.165, 1.54) is 0 Å². The lowest BCUT2D eigenvalue weighted by Crippen LogP contribution is -2.29. The number of nitrogens with one attached hydrogen (secondary N) is 1. The van der Waals surface area contributed by atoms with Crippen LogP contribution in [0, 0.1) is 12.8 Å². The summed E-state index contributed by atoms with van der Waals surface area (Å²) in [5, 5.41) is 3.52. The molecule has 0 spiro atoms. The van der Waals surface area contributed by atoms with Crippen LogP contribution in [0.25, 0.3) is 0 Å². The molecule has 4 nitrogen and oxygen atoms in total. The monoisotopic (exact) mass is 390 g/mol. The molecule has 0 saturated carbocycles. The van der Waals surface area contributed by atoms with Gasteiger partial charge in [-0.1, -0.05) is 54.4 Å². The molecule has 3 rings (SSSR count). The molecule has 6 heteroatoms. The maximum absolute atomic E-state index is 12.7. The topological polar surface area (TPSA) is 49.4 Å². The zero-order chi connectivity index (χ0) is 18.8. The van der Waals surface area contributed by atoms with Gasteiger partial charge in [-0.05, 0) is 36.6 Å². The van der Waals surface area contributed by atoms with Crippen LogP contribution >= 0.6 is 23.2 Å². The third-order valence-corrected chi connectivity index (χ3v) is 5.31. The van der Waals surface area contributed by atoms with Crippen LogP contribution < -0.4 is 10.2 Å². The first-order valence-corrected chi connectivity index (χ1v) is 9.31. The Morgan fingerprint density at radius 1 is 1.19 bits per heavy atom. The standard InChI is InChI=1S/C20H20Cl2N2O2/c1-3-13-7-4-6-12(2)19(13)24-11-14(10-17(24)25)20(26)23-18-15(21)8-5-9-16(18)22/h4-9,14H,3,10-11H2,1-2H3,(H,23,26). The van der Waals surface area contributed by atoms with E-state index in [-0.39, 0.29) is 18.2 Å². The molecule has 0 radical (unpaired) electrons. The summed E-state index contributed by atoms with van der Waals surface area (Å²) in [5.74, 6) is -0.735. The van der Waals surface area contributed by atoms with E-state index in [0.29, 0.717) is 22.3 Å². The maximum atomic E-state index is 12.7. The lowest BCUT2D eigenvalue weighted by atomic mass is 10.0. The molecule has 1 aliphatic rings. The molecule has 0 bridgehead atoms. The summed E-state index contributed by atoms with van der Waals surface area (Å²) < 4.78 is 0. The summed E-state index contributed by atoms with van der Waals surface area (Å²) in [6.07, 6.45) is 0.998. The van der Waals surface area contributed by atoms with Crippen LogP contribution in [0.2, 0.25) is 10.0 Å². The Balaban J connectivity index is 1.81. The summed E-state index contributed by atoms with van der Waals surface area (Å²) in [6.45, 7) is 4.39. The fraction of sp³-hybridized carbons (Fsp3) is 0.300. The Bertz CT molecular complexity index is 847. The van der Waals surface area contributed by atoms with Gasteiger partial charge in [0.15, 0.2) is 0 Å². The molecular weight excluding hydrogens is 371 g/mol. The van der Waals surface area contributed by atoms with E-state index in [9.17, 15) is 9.59 Å². The Labute approximate surface area is 163 Å². The number of halogens is 2. The van der Waals surface area contributed by atoms with Gasteiger partial charge in [-0.15, -0.1) is 0 Å². The highest BCUT2D eigenvalue weighted by molar-refractivity contribution is 6.39. The highest BCUT2D eigenvalue weighted by atomic mass is 35.5. The number of nitrogens with zero attached hydrogens (tertiary/aromatic N) is 1. The summed E-state index contributed by atoms with van der Waals surface area (Å²) in [4.78, 5) is 27.0. The molecule has 26 heavy (non-hydrogen) atoms. The minimum Gasteiger partial charge on any atom is -0.323 e. The summed E-state index contributed by atoms with van der Waals surface area (Å²) in [7, 11) is 0. The van der Waals surface area contributed by atoms with Crippen LogP contribution in [0.1, 0.15) is 24.5 Å². The van der Waals surface area contributed by atoms with Crippen molar-refractivity contribution in [3.63, 3.8) is 0 Å². The number of amides is 2. The van der Waals surface area contributed by atoms with Gasteiger partial charge in [0.05, 0.1) is 21.7 Å². The number of benzene rings is 2. The lowest BCUT2D eigenvalue weighted by Gasteiger charge is -2.22. The fourth-order valence-corrected chi connectivity index (χ4v) is 3.83. The summed E-state index contributed by atoms with van der Waals surface area (Å²) in [5.41, 5.74) is 3.45. The number of rotatable bonds is 4. The zero-order valence-corrected chi connectivity index (χ0v) is 16.2. The molecule has 1 saturated heterocycles. The van der Waals surface area contributed by atoms with Gasteiger partial charge in [-0.25, -0.2) is 0 Å². The van der Waals surface area contributed by atoms with Crippen molar-refractivity contribution in [2.75, 3.05) is 16.8 Å². The van der Waals surface area contributed by atoms with E-state index in [1.54, 1.807) is 23.1 Å².